The van der Waals surface area contributed by atoms with Gasteiger partial charge in [-0.25, -0.2) is 4.98 Å². The first kappa shape index (κ1) is 15.3. The highest BCUT2D eigenvalue weighted by atomic mass is 35.5. The van der Waals surface area contributed by atoms with E-state index < -0.39 is 0 Å². The van der Waals surface area contributed by atoms with Gasteiger partial charge in [-0.05, 0) is 24.5 Å². The van der Waals surface area contributed by atoms with Crippen LogP contribution in [0.4, 0.5) is 4.79 Å². The molecule has 0 radical (unpaired) electrons. The second-order valence-electron chi connectivity index (χ2n) is 4.03. The third-order valence-electron chi connectivity index (χ3n) is 2.40. The van der Waals surface area contributed by atoms with Crippen LogP contribution in [0.3, 0.4) is 0 Å². The van der Waals surface area contributed by atoms with Gasteiger partial charge < -0.3 is 4.90 Å². The zero-order valence-electron chi connectivity index (χ0n) is 10.9. The minimum Gasteiger partial charge on any atom is -0.334 e. The highest BCUT2D eigenvalue weighted by Gasteiger charge is 2.12. The van der Waals surface area contributed by atoms with Crippen molar-refractivity contribution in [2.45, 2.75) is 32.4 Å². The molecule has 3 nitrogen and oxygen atoms in total. The minimum atomic E-state index is 0.147. The summed E-state index contributed by atoms with van der Waals surface area (Å²) in [5.41, 5.74) is 1.02. The Morgan fingerprint density at radius 3 is 2.50 bits per heavy atom. The maximum absolute atomic E-state index is 12.0. The van der Waals surface area contributed by atoms with Crippen LogP contribution in [0, 0.1) is 0 Å². The first-order valence-corrected chi connectivity index (χ1v) is 7.55. The molecule has 1 aromatic heterocycles. The summed E-state index contributed by atoms with van der Waals surface area (Å²) >= 11 is 7.04. The van der Waals surface area contributed by atoms with Gasteiger partial charge in [0.05, 0.1) is 0 Å². The van der Waals surface area contributed by atoms with E-state index in [1.807, 2.05) is 11.0 Å². The number of hydrogen-bond donors (Lipinski definition) is 0. The molecule has 18 heavy (non-hydrogen) atoms. The van der Waals surface area contributed by atoms with Crippen LogP contribution >= 0.6 is 23.4 Å². The Bertz CT molecular complexity index is 364. The molecular weight excluding hydrogens is 268 g/mol. The van der Waals surface area contributed by atoms with E-state index in [2.05, 4.69) is 18.8 Å². The predicted octanol–water partition coefficient (Wildman–Crippen LogP) is 4.21. The zero-order chi connectivity index (χ0) is 13.4. The van der Waals surface area contributed by atoms with Crippen LogP contribution in [0.2, 0.25) is 5.15 Å². The number of carbonyl (C=O) groups is 1. The van der Waals surface area contributed by atoms with Gasteiger partial charge in [-0.2, -0.15) is 0 Å². The number of hydrogen-bond acceptors (Lipinski definition) is 3. The molecule has 0 atom stereocenters. The summed E-state index contributed by atoms with van der Waals surface area (Å²) in [7, 11) is 0. The van der Waals surface area contributed by atoms with Gasteiger partial charge in [0.15, 0.2) is 0 Å². The lowest BCUT2D eigenvalue weighted by Crippen LogP contribution is -2.29. The molecule has 100 valence electrons. The summed E-state index contributed by atoms with van der Waals surface area (Å²) in [5.74, 6) is 0.646. The van der Waals surface area contributed by atoms with Gasteiger partial charge in [0.25, 0.3) is 5.24 Å². The van der Waals surface area contributed by atoms with Crippen molar-refractivity contribution in [2.75, 3.05) is 13.1 Å². The molecule has 0 spiro atoms. The zero-order valence-corrected chi connectivity index (χ0v) is 12.4. The molecule has 1 heterocycles. The van der Waals surface area contributed by atoms with Crippen molar-refractivity contribution in [3.8, 4) is 0 Å². The van der Waals surface area contributed by atoms with E-state index in [1.54, 1.807) is 12.3 Å². The Labute approximate surface area is 118 Å². The second-order valence-corrected chi connectivity index (χ2v) is 5.34. The van der Waals surface area contributed by atoms with E-state index in [1.165, 1.54) is 11.8 Å². The fourth-order valence-electron chi connectivity index (χ4n) is 1.56. The molecule has 0 unspecified atom stereocenters. The summed E-state index contributed by atoms with van der Waals surface area (Å²) in [5, 5.41) is 0.627. The molecule has 0 aliphatic carbocycles. The molecule has 5 heteroatoms. The fraction of sp³-hybridized carbons (Fsp3) is 0.538. The Kier molecular flexibility index (Phi) is 7.13. The van der Waals surface area contributed by atoms with Crippen molar-refractivity contribution in [1.29, 1.82) is 0 Å². The van der Waals surface area contributed by atoms with Crippen LogP contribution in [0.5, 0.6) is 0 Å². The SMILES string of the molecule is CCCN(CCC)C(=O)SCc1ccc(Cl)nc1. The average molecular weight is 287 g/mol. The average Bonchev–Trinajstić information content (AvgIpc) is 2.37. The fourth-order valence-corrected chi connectivity index (χ4v) is 2.50. The van der Waals surface area contributed by atoms with Gasteiger partial charge in [-0.15, -0.1) is 0 Å². The van der Waals surface area contributed by atoms with Gasteiger partial charge in [0.2, 0.25) is 0 Å². The first-order chi connectivity index (χ1) is 8.67. The summed E-state index contributed by atoms with van der Waals surface area (Å²) in [4.78, 5) is 17.9. The minimum absolute atomic E-state index is 0.147. The van der Waals surface area contributed by atoms with Gasteiger partial charge in [0, 0.05) is 25.0 Å². The molecule has 1 rings (SSSR count). The Morgan fingerprint density at radius 2 is 2.00 bits per heavy atom. The third kappa shape index (κ3) is 5.27. The number of rotatable bonds is 6. The monoisotopic (exact) mass is 286 g/mol. The maximum Gasteiger partial charge on any atom is 0.281 e. The summed E-state index contributed by atoms with van der Waals surface area (Å²) in [6.07, 6.45) is 3.70. The highest BCUT2D eigenvalue weighted by Crippen LogP contribution is 2.17. The van der Waals surface area contributed by atoms with Gasteiger partial charge in [-0.3, -0.25) is 4.79 Å². The third-order valence-corrected chi connectivity index (χ3v) is 3.60. The smallest absolute Gasteiger partial charge is 0.281 e. The highest BCUT2D eigenvalue weighted by molar-refractivity contribution is 8.12. The molecule has 0 aliphatic rings. The standard InChI is InChI=1S/C13H19ClN2OS/c1-3-7-16(8-4-2)13(17)18-10-11-5-6-12(14)15-9-11/h5-6,9H,3-4,7-8,10H2,1-2H3. The van der Waals surface area contributed by atoms with Crippen LogP contribution in [0.15, 0.2) is 18.3 Å². The first-order valence-electron chi connectivity index (χ1n) is 6.19. The number of amides is 1. The number of halogens is 1. The van der Waals surface area contributed by atoms with E-state index in [0.29, 0.717) is 10.9 Å². The molecule has 0 saturated carbocycles. The summed E-state index contributed by atoms with van der Waals surface area (Å²) in [6.45, 7) is 5.84. The number of nitrogens with zero attached hydrogens (tertiary/aromatic N) is 2. The van der Waals surface area contributed by atoms with Crippen molar-refractivity contribution >= 4 is 28.6 Å². The van der Waals surface area contributed by atoms with Crippen molar-refractivity contribution in [2.24, 2.45) is 0 Å². The van der Waals surface area contributed by atoms with Crippen LogP contribution in [-0.4, -0.2) is 28.2 Å². The molecule has 0 aromatic carbocycles. The summed E-state index contributed by atoms with van der Waals surface area (Å²) < 4.78 is 0. The Morgan fingerprint density at radius 1 is 1.33 bits per heavy atom. The quantitative estimate of drug-likeness (QED) is 0.735. The molecule has 1 aromatic rings. The number of carbonyl (C=O) groups excluding carboxylic acids is 1. The van der Waals surface area contributed by atoms with Crippen LogP contribution in [-0.2, 0) is 5.75 Å². The number of aromatic nitrogens is 1. The molecule has 0 aliphatic heterocycles. The maximum atomic E-state index is 12.0. The molecule has 0 N–H and O–H groups in total. The van der Waals surface area contributed by atoms with Gasteiger partial charge in [0.1, 0.15) is 5.15 Å². The number of pyridine rings is 1. The van der Waals surface area contributed by atoms with E-state index in [-0.39, 0.29) is 5.24 Å². The van der Waals surface area contributed by atoms with E-state index >= 15 is 0 Å². The lowest BCUT2D eigenvalue weighted by atomic mass is 10.3. The van der Waals surface area contributed by atoms with Gasteiger partial charge >= 0.3 is 0 Å². The molecule has 0 fully saturated rings. The number of thioether (sulfide) groups is 1. The summed E-state index contributed by atoms with van der Waals surface area (Å²) in [6, 6.07) is 3.65. The van der Waals surface area contributed by atoms with Crippen molar-refractivity contribution in [3.05, 3.63) is 29.0 Å². The molecule has 0 saturated heterocycles. The molecule has 1 amide bonds. The van der Waals surface area contributed by atoms with Crippen LogP contribution < -0.4 is 0 Å². The molecule has 0 bridgehead atoms. The van der Waals surface area contributed by atoms with Gasteiger partial charge in [-0.1, -0.05) is 43.3 Å². The van der Waals surface area contributed by atoms with Crippen LogP contribution in [0.1, 0.15) is 32.3 Å². The molecular formula is C13H19ClN2OS. The Hall–Kier alpha value is -0.740. The normalized spacial score (nSPS) is 10.4. The van der Waals surface area contributed by atoms with Crippen LogP contribution in [0.25, 0.3) is 0 Å². The van der Waals surface area contributed by atoms with Crippen molar-refractivity contribution in [3.63, 3.8) is 0 Å². The lowest BCUT2D eigenvalue weighted by Gasteiger charge is -2.20. The van der Waals surface area contributed by atoms with E-state index in [4.69, 9.17) is 11.6 Å². The lowest BCUT2D eigenvalue weighted by molar-refractivity contribution is 0.223. The second kappa shape index (κ2) is 8.38. The topological polar surface area (TPSA) is 33.2 Å². The Balaban J connectivity index is 2.45. The van der Waals surface area contributed by atoms with E-state index in [0.717, 1.165) is 31.5 Å². The van der Waals surface area contributed by atoms with Crippen molar-refractivity contribution < 1.29 is 4.79 Å². The predicted molar refractivity (Wildman–Crippen MR) is 78.1 cm³/mol. The largest absolute Gasteiger partial charge is 0.334 e. The van der Waals surface area contributed by atoms with Crippen molar-refractivity contribution in [1.82, 2.24) is 9.88 Å². The van der Waals surface area contributed by atoms with E-state index in [9.17, 15) is 4.79 Å².